The van der Waals surface area contributed by atoms with Crippen molar-refractivity contribution in [2.24, 2.45) is 23.7 Å². The van der Waals surface area contributed by atoms with E-state index in [1.165, 1.54) is 32.9 Å². The van der Waals surface area contributed by atoms with Crippen molar-refractivity contribution in [2.45, 2.75) is 53.4 Å². The van der Waals surface area contributed by atoms with Gasteiger partial charge in [-0.2, -0.15) is 5.26 Å². The third-order valence-electron chi connectivity index (χ3n) is 7.68. The molecule has 0 radical (unpaired) electrons. The van der Waals surface area contributed by atoms with E-state index < -0.39 is 0 Å². The molecular weight excluding hydrogens is 416 g/mol. The van der Waals surface area contributed by atoms with Crippen molar-refractivity contribution in [1.29, 1.82) is 5.26 Å². The predicted molar refractivity (Wildman–Crippen MR) is 127 cm³/mol. The number of carbonyl (C=O) groups is 2. The highest BCUT2D eigenvalue weighted by Gasteiger charge is 2.64. The normalized spacial score (nSPS) is 26.3. The molecule has 2 aromatic rings. The van der Waals surface area contributed by atoms with E-state index >= 15 is 0 Å². The molecule has 2 heterocycles. The van der Waals surface area contributed by atoms with Gasteiger partial charge in [-0.05, 0) is 62.5 Å². The number of nitriles is 1. The van der Waals surface area contributed by atoms with Crippen molar-refractivity contribution in [3.63, 3.8) is 0 Å². The standard InChI is InChI=1S/C27H28N2O2S/c1-13(2)16-6-8-17(9-7-16)22-15(5)32-27(20(22)12-28)29-25(30)23-18-10-11-19(21(18)14(3)4)24(23)26(29)31/h6-9,13,18-19,23-24H,10-11H2,1-5H3/t18-,19-,23-,24+/m1/s1. The molecule has 5 heteroatoms. The topological polar surface area (TPSA) is 61.2 Å². The van der Waals surface area contributed by atoms with E-state index in [0.717, 1.165) is 28.8 Å². The van der Waals surface area contributed by atoms with Crippen molar-refractivity contribution >= 4 is 28.2 Å². The maximum atomic E-state index is 13.6. The lowest BCUT2D eigenvalue weighted by atomic mass is 9.81. The number of rotatable bonds is 3. The Hall–Kier alpha value is -2.71. The van der Waals surface area contributed by atoms with Gasteiger partial charge < -0.3 is 0 Å². The summed E-state index contributed by atoms with van der Waals surface area (Å²) in [6.07, 6.45) is 1.97. The molecule has 0 unspecified atom stereocenters. The number of hydrogen-bond donors (Lipinski definition) is 0. The first-order valence-corrected chi connectivity index (χ1v) is 12.3. The molecule has 3 aliphatic rings. The molecule has 4 nitrogen and oxygen atoms in total. The number of aryl methyl sites for hydroxylation is 1. The summed E-state index contributed by atoms with van der Waals surface area (Å²) >= 11 is 1.39. The Bertz CT molecular complexity index is 1180. The molecule has 1 saturated heterocycles. The number of anilines is 1. The molecule has 1 aromatic carbocycles. The molecule has 5 rings (SSSR count). The molecule has 4 atom stereocenters. The van der Waals surface area contributed by atoms with Crippen LogP contribution in [0.3, 0.4) is 0 Å². The molecule has 2 bridgehead atoms. The van der Waals surface area contributed by atoms with Crippen LogP contribution in [0, 0.1) is 41.9 Å². The number of carbonyl (C=O) groups excluding carboxylic acids is 2. The summed E-state index contributed by atoms with van der Waals surface area (Å²) in [7, 11) is 0. The Balaban J connectivity index is 1.57. The van der Waals surface area contributed by atoms with Gasteiger partial charge in [0.05, 0.1) is 17.4 Å². The van der Waals surface area contributed by atoms with Crippen LogP contribution in [0.4, 0.5) is 5.00 Å². The fourth-order valence-electron chi connectivity index (χ4n) is 6.37. The van der Waals surface area contributed by atoms with Crippen LogP contribution in [0.25, 0.3) is 11.1 Å². The molecule has 1 aromatic heterocycles. The molecule has 0 spiro atoms. The van der Waals surface area contributed by atoms with Crippen LogP contribution in [0.1, 0.15) is 62.5 Å². The second-order valence-corrected chi connectivity index (χ2v) is 11.1. The zero-order valence-electron chi connectivity index (χ0n) is 19.2. The highest BCUT2D eigenvalue weighted by atomic mass is 32.1. The minimum Gasteiger partial charge on any atom is -0.274 e. The zero-order valence-corrected chi connectivity index (χ0v) is 20.0. The van der Waals surface area contributed by atoms with E-state index in [-0.39, 0.29) is 35.5 Å². The highest BCUT2D eigenvalue weighted by molar-refractivity contribution is 7.17. The van der Waals surface area contributed by atoms with Crippen molar-refractivity contribution in [3.8, 4) is 17.2 Å². The zero-order chi connectivity index (χ0) is 22.9. The second kappa shape index (κ2) is 7.42. The van der Waals surface area contributed by atoms with Crippen molar-refractivity contribution in [1.82, 2.24) is 0 Å². The number of hydrogen-bond acceptors (Lipinski definition) is 4. The van der Waals surface area contributed by atoms with E-state index in [1.54, 1.807) is 0 Å². The molecular formula is C27H28N2O2S. The molecule has 2 amide bonds. The lowest BCUT2D eigenvalue weighted by molar-refractivity contribution is -0.122. The number of amides is 2. The molecule has 0 N–H and O–H groups in total. The molecule has 1 aliphatic heterocycles. The molecule has 2 aliphatic carbocycles. The van der Waals surface area contributed by atoms with Gasteiger partial charge in [0.1, 0.15) is 11.1 Å². The van der Waals surface area contributed by atoms with Gasteiger partial charge in [-0.25, -0.2) is 4.90 Å². The van der Waals surface area contributed by atoms with Crippen LogP contribution in [0.15, 0.2) is 35.4 Å². The number of thiophene rings is 1. The average molecular weight is 445 g/mol. The highest BCUT2D eigenvalue weighted by Crippen LogP contribution is 2.61. The first-order valence-electron chi connectivity index (χ1n) is 11.4. The summed E-state index contributed by atoms with van der Waals surface area (Å²) in [5.41, 5.74) is 6.08. The van der Waals surface area contributed by atoms with Gasteiger partial charge in [-0.1, -0.05) is 49.3 Å². The summed E-state index contributed by atoms with van der Waals surface area (Å²) in [6.45, 7) is 10.5. The van der Waals surface area contributed by atoms with Crippen LogP contribution in [-0.2, 0) is 9.59 Å². The van der Waals surface area contributed by atoms with Crippen LogP contribution >= 0.6 is 11.3 Å². The monoisotopic (exact) mass is 444 g/mol. The minimum atomic E-state index is -0.256. The Labute approximate surface area is 193 Å². The third kappa shape index (κ3) is 2.79. The van der Waals surface area contributed by atoms with Gasteiger partial charge in [-0.3, -0.25) is 9.59 Å². The van der Waals surface area contributed by atoms with Crippen molar-refractivity contribution < 1.29 is 9.59 Å². The van der Waals surface area contributed by atoms with Gasteiger partial charge in [-0.15, -0.1) is 11.3 Å². The summed E-state index contributed by atoms with van der Waals surface area (Å²) in [4.78, 5) is 29.5. The number of imide groups is 1. The molecule has 32 heavy (non-hydrogen) atoms. The Morgan fingerprint density at radius 3 is 2.09 bits per heavy atom. The summed E-state index contributed by atoms with van der Waals surface area (Å²) in [6, 6.07) is 10.6. The van der Waals surface area contributed by atoms with Gasteiger partial charge >= 0.3 is 0 Å². The smallest absolute Gasteiger partial charge is 0.239 e. The Kier molecular flexibility index (Phi) is 4.90. The molecule has 3 fully saturated rings. The Morgan fingerprint density at radius 1 is 1.06 bits per heavy atom. The quantitative estimate of drug-likeness (QED) is 0.418. The largest absolute Gasteiger partial charge is 0.274 e. The van der Waals surface area contributed by atoms with E-state index in [1.807, 2.05) is 19.1 Å². The maximum Gasteiger partial charge on any atom is 0.239 e. The van der Waals surface area contributed by atoms with Crippen LogP contribution in [0.2, 0.25) is 0 Å². The van der Waals surface area contributed by atoms with Crippen molar-refractivity contribution in [3.05, 3.63) is 51.4 Å². The fourth-order valence-corrected chi connectivity index (χ4v) is 7.50. The number of fused-ring (bicyclic) bond motifs is 5. The summed E-state index contributed by atoms with van der Waals surface area (Å²) < 4.78 is 0. The third-order valence-corrected chi connectivity index (χ3v) is 8.77. The predicted octanol–water partition coefficient (Wildman–Crippen LogP) is 6.20. The first-order chi connectivity index (χ1) is 15.3. The number of allylic oxidation sites excluding steroid dienone is 2. The van der Waals surface area contributed by atoms with E-state index in [9.17, 15) is 14.9 Å². The Morgan fingerprint density at radius 2 is 1.62 bits per heavy atom. The molecule has 164 valence electrons. The van der Waals surface area contributed by atoms with E-state index in [4.69, 9.17) is 0 Å². The summed E-state index contributed by atoms with van der Waals surface area (Å²) in [5, 5.41) is 10.6. The second-order valence-electron chi connectivity index (χ2n) is 9.91. The molecule has 2 saturated carbocycles. The van der Waals surface area contributed by atoms with E-state index in [0.29, 0.717) is 16.5 Å². The lowest BCUT2D eigenvalue weighted by Crippen LogP contribution is -2.33. The van der Waals surface area contributed by atoms with Gasteiger partial charge in [0.15, 0.2) is 0 Å². The van der Waals surface area contributed by atoms with Crippen LogP contribution < -0.4 is 4.90 Å². The van der Waals surface area contributed by atoms with Gasteiger partial charge in [0.2, 0.25) is 11.8 Å². The average Bonchev–Trinajstić information content (AvgIpc) is 3.47. The summed E-state index contributed by atoms with van der Waals surface area (Å²) in [5.74, 6) is 0.0784. The van der Waals surface area contributed by atoms with Gasteiger partial charge in [0.25, 0.3) is 0 Å². The maximum absolute atomic E-state index is 13.6. The van der Waals surface area contributed by atoms with Crippen LogP contribution in [-0.4, -0.2) is 11.8 Å². The number of nitrogens with zero attached hydrogens (tertiary/aromatic N) is 2. The van der Waals surface area contributed by atoms with Crippen molar-refractivity contribution in [2.75, 3.05) is 4.90 Å². The number of benzene rings is 1. The first kappa shape index (κ1) is 21.2. The van der Waals surface area contributed by atoms with Crippen LogP contribution in [0.5, 0.6) is 0 Å². The fraction of sp³-hybridized carbons (Fsp3) is 0.444. The lowest BCUT2D eigenvalue weighted by Gasteiger charge is -2.18. The van der Waals surface area contributed by atoms with Gasteiger partial charge in [0, 0.05) is 10.4 Å². The minimum absolute atomic E-state index is 0.106. The van der Waals surface area contributed by atoms with E-state index in [2.05, 4.69) is 45.9 Å². The SMILES string of the molecule is CC(C)=C1[C@H]2CC[C@H]1[C@H]1C(=O)N(c3sc(C)c(-c4ccc(C(C)C)cc4)c3C#N)C(=O)[C@H]12.